The number of rotatable bonds is 4. The molecule has 0 spiro atoms. The first-order valence-corrected chi connectivity index (χ1v) is 8.27. The first-order chi connectivity index (χ1) is 10.6. The molecule has 2 heterocycles. The van der Waals surface area contributed by atoms with Gasteiger partial charge in [-0.2, -0.15) is 5.10 Å². The number of likely N-dealkylation sites (tertiary alicyclic amines) is 1. The average Bonchev–Trinajstić information content (AvgIpc) is 2.86. The Kier molecular flexibility index (Phi) is 5.58. The molecule has 22 heavy (non-hydrogen) atoms. The fourth-order valence-electron chi connectivity index (χ4n) is 3.57. The Morgan fingerprint density at radius 2 is 2.23 bits per heavy atom. The van der Waals surface area contributed by atoms with Crippen molar-refractivity contribution in [2.24, 2.45) is 16.0 Å². The molecule has 0 saturated carbocycles. The van der Waals surface area contributed by atoms with E-state index in [0.717, 1.165) is 41.4 Å². The van der Waals surface area contributed by atoms with Crippen molar-refractivity contribution in [1.82, 2.24) is 10.3 Å². The summed E-state index contributed by atoms with van der Waals surface area (Å²) in [6.07, 6.45) is 8.33. The second-order valence-corrected chi connectivity index (χ2v) is 6.15. The second-order valence-electron chi connectivity index (χ2n) is 6.15. The minimum atomic E-state index is 0.544. The van der Waals surface area contributed by atoms with Crippen LogP contribution in [-0.2, 0) is 0 Å². The van der Waals surface area contributed by atoms with Crippen molar-refractivity contribution in [3.8, 4) is 0 Å². The summed E-state index contributed by atoms with van der Waals surface area (Å²) in [4.78, 5) is 7.01. The molecule has 0 aromatic rings. The topological polar surface area (TPSA) is 40.0 Å². The van der Waals surface area contributed by atoms with E-state index >= 15 is 0 Å². The van der Waals surface area contributed by atoms with Crippen molar-refractivity contribution < 1.29 is 0 Å². The fraction of sp³-hybridized carbons (Fsp3) is 0.556. The third-order valence-electron chi connectivity index (χ3n) is 4.61. The van der Waals surface area contributed by atoms with E-state index in [2.05, 4.69) is 47.4 Å². The first-order valence-electron chi connectivity index (χ1n) is 8.27. The predicted molar refractivity (Wildman–Crippen MR) is 94.9 cm³/mol. The summed E-state index contributed by atoms with van der Waals surface area (Å²) in [7, 11) is 0. The Balaban J connectivity index is 2.31. The maximum Gasteiger partial charge on any atom is 0.138 e. The van der Waals surface area contributed by atoms with Crippen molar-refractivity contribution in [3.63, 3.8) is 0 Å². The summed E-state index contributed by atoms with van der Waals surface area (Å²) in [5.74, 6) is 1.70. The summed E-state index contributed by atoms with van der Waals surface area (Å²) in [6.45, 7) is 15.9. The summed E-state index contributed by atoms with van der Waals surface area (Å²) >= 11 is 0. The van der Waals surface area contributed by atoms with Crippen LogP contribution in [0.5, 0.6) is 0 Å². The molecule has 2 atom stereocenters. The molecule has 2 aliphatic rings. The molecule has 2 rings (SSSR count). The molecule has 120 valence electrons. The molecular weight excluding hydrogens is 272 g/mol. The number of amidine groups is 1. The number of aliphatic imine (C=N–C) groups is 1. The molecule has 4 nitrogen and oxygen atoms in total. The lowest BCUT2D eigenvalue weighted by molar-refractivity contribution is 0.310. The van der Waals surface area contributed by atoms with E-state index in [0.29, 0.717) is 6.04 Å². The SMILES string of the molecule is C=C(C)/C1=C/N/N=C\N=C(\N2CCC(CCC)C2CC)C1=C. The van der Waals surface area contributed by atoms with Gasteiger partial charge in [-0.15, -0.1) is 0 Å². The van der Waals surface area contributed by atoms with E-state index in [1.165, 1.54) is 19.3 Å². The van der Waals surface area contributed by atoms with Crippen LogP contribution in [0.4, 0.5) is 0 Å². The molecule has 0 amide bonds. The maximum atomic E-state index is 4.58. The van der Waals surface area contributed by atoms with Crippen LogP contribution >= 0.6 is 0 Å². The van der Waals surface area contributed by atoms with Crippen LogP contribution in [0.3, 0.4) is 0 Å². The predicted octanol–water partition coefficient (Wildman–Crippen LogP) is 3.85. The van der Waals surface area contributed by atoms with Crippen molar-refractivity contribution in [1.29, 1.82) is 0 Å². The highest BCUT2D eigenvalue weighted by molar-refractivity contribution is 6.06. The van der Waals surface area contributed by atoms with Gasteiger partial charge in [0.05, 0.1) is 0 Å². The van der Waals surface area contributed by atoms with Crippen molar-refractivity contribution in [3.05, 3.63) is 36.1 Å². The minimum absolute atomic E-state index is 0.544. The molecule has 2 unspecified atom stereocenters. The van der Waals surface area contributed by atoms with E-state index in [9.17, 15) is 0 Å². The standard InChI is InChI=1S/C18H28N4/c1-6-8-15-9-10-22(17(15)7-2)18-14(5)16(13(3)4)11-20-21-12-19-18/h11-12,15,17,20H,3,5-10H2,1-2,4H3/b16-11-,19-18+,21-12-. The van der Waals surface area contributed by atoms with Gasteiger partial charge in [0.2, 0.25) is 0 Å². The van der Waals surface area contributed by atoms with Gasteiger partial charge in [-0.25, -0.2) is 4.99 Å². The van der Waals surface area contributed by atoms with Gasteiger partial charge in [-0.05, 0) is 37.7 Å². The number of hydrogen-bond acceptors (Lipinski definition) is 4. The summed E-state index contributed by atoms with van der Waals surface area (Å²) in [5, 5.41) is 4.08. The highest BCUT2D eigenvalue weighted by Crippen LogP contribution is 2.33. The van der Waals surface area contributed by atoms with Gasteiger partial charge in [-0.1, -0.05) is 33.4 Å². The van der Waals surface area contributed by atoms with Crippen molar-refractivity contribution in [2.45, 2.75) is 52.5 Å². The maximum absolute atomic E-state index is 4.58. The smallest absolute Gasteiger partial charge is 0.138 e. The molecule has 1 fully saturated rings. The summed E-state index contributed by atoms with van der Waals surface area (Å²) in [6, 6.07) is 0.544. The lowest BCUT2D eigenvalue weighted by Gasteiger charge is -2.31. The molecule has 0 radical (unpaired) electrons. The minimum Gasteiger partial charge on any atom is -0.353 e. The number of nitrogens with one attached hydrogen (secondary N) is 1. The van der Waals surface area contributed by atoms with Crippen molar-refractivity contribution in [2.75, 3.05) is 6.54 Å². The Hall–Kier alpha value is -1.84. The number of hydrazone groups is 1. The van der Waals surface area contributed by atoms with Gasteiger partial charge in [0, 0.05) is 29.9 Å². The zero-order chi connectivity index (χ0) is 16.1. The molecule has 2 aliphatic heterocycles. The molecular formula is C18H28N4. The summed E-state index contributed by atoms with van der Waals surface area (Å²) in [5.41, 5.74) is 5.77. The fourth-order valence-corrected chi connectivity index (χ4v) is 3.57. The molecule has 0 aliphatic carbocycles. The normalized spacial score (nSPS) is 31.4. The van der Waals surface area contributed by atoms with Crippen LogP contribution < -0.4 is 5.43 Å². The highest BCUT2D eigenvalue weighted by atomic mass is 15.3. The monoisotopic (exact) mass is 300 g/mol. The number of hydrogen-bond donors (Lipinski definition) is 1. The van der Waals surface area contributed by atoms with Gasteiger partial charge in [0.15, 0.2) is 0 Å². The third kappa shape index (κ3) is 3.32. The van der Waals surface area contributed by atoms with E-state index in [1.807, 2.05) is 13.1 Å². The number of nitrogens with zero attached hydrogens (tertiary/aromatic N) is 3. The van der Waals surface area contributed by atoms with E-state index in [1.54, 1.807) is 6.34 Å². The van der Waals surface area contributed by atoms with Crippen LogP contribution in [-0.4, -0.2) is 29.7 Å². The zero-order valence-electron chi connectivity index (χ0n) is 14.1. The average molecular weight is 300 g/mol. The molecule has 0 bridgehead atoms. The van der Waals surface area contributed by atoms with E-state index in [-0.39, 0.29) is 0 Å². The van der Waals surface area contributed by atoms with Gasteiger partial charge >= 0.3 is 0 Å². The van der Waals surface area contributed by atoms with Crippen LogP contribution in [0.1, 0.15) is 46.5 Å². The second kappa shape index (κ2) is 7.43. The largest absolute Gasteiger partial charge is 0.353 e. The lowest BCUT2D eigenvalue weighted by Crippen LogP contribution is -2.39. The van der Waals surface area contributed by atoms with Crippen LogP contribution in [0.25, 0.3) is 0 Å². The van der Waals surface area contributed by atoms with Crippen LogP contribution in [0, 0.1) is 5.92 Å². The first kappa shape index (κ1) is 16.5. The Bertz CT molecular complexity index is 527. The highest BCUT2D eigenvalue weighted by Gasteiger charge is 2.35. The Labute approximate surface area is 134 Å². The zero-order valence-corrected chi connectivity index (χ0v) is 14.1. The van der Waals surface area contributed by atoms with E-state index < -0.39 is 0 Å². The van der Waals surface area contributed by atoms with Crippen LogP contribution in [0.2, 0.25) is 0 Å². The Morgan fingerprint density at radius 3 is 2.86 bits per heavy atom. The summed E-state index contributed by atoms with van der Waals surface area (Å²) < 4.78 is 0. The molecule has 0 aromatic heterocycles. The molecule has 0 aromatic carbocycles. The van der Waals surface area contributed by atoms with E-state index in [4.69, 9.17) is 0 Å². The quantitative estimate of drug-likeness (QED) is 0.856. The lowest BCUT2D eigenvalue weighted by atomic mass is 9.93. The molecule has 1 N–H and O–H groups in total. The van der Waals surface area contributed by atoms with Gasteiger partial charge in [0.25, 0.3) is 0 Å². The Morgan fingerprint density at radius 1 is 1.45 bits per heavy atom. The number of allylic oxidation sites excluding steroid dienone is 1. The van der Waals surface area contributed by atoms with Crippen molar-refractivity contribution >= 4 is 12.2 Å². The van der Waals surface area contributed by atoms with Gasteiger partial charge < -0.3 is 4.90 Å². The molecule has 4 heteroatoms. The van der Waals surface area contributed by atoms with Gasteiger partial charge in [-0.3, -0.25) is 5.43 Å². The molecule has 1 saturated heterocycles. The third-order valence-corrected chi connectivity index (χ3v) is 4.61. The van der Waals surface area contributed by atoms with Gasteiger partial charge in [0.1, 0.15) is 12.2 Å². The van der Waals surface area contributed by atoms with Crippen LogP contribution in [0.15, 0.2) is 46.2 Å².